The molecule has 0 aromatic carbocycles. The Morgan fingerprint density at radius 3 is 2.50 bits per heavy atom. The van der Waals surface area contributed by atoms with Crippen molar-refractivity contribution in [2.45, 2.75) is 46.0 Å². The molecule has 0 heterocycles. The molecule has 0 aliphatic rings. The summed E-state index contributed by atoms with van der Waals surface area (Å²) in [6.07, 6.45) is 10.8. The topological polar surface area (TPSA) is 9.23 Å². The summed E-state index contributed by atoms with van der Waals surface area (Å²) in [5, 5.41) is 0. The van der Waals surface area contributed by atoms with Crippen molar-refractivity contribution in [1.29, 1.82) is 0 Å². The maximum Gasteiger partial charge on any atom is 0.0465 e. The van der Waals surface area contributed by atoms with Crippen molar-refractivity contribution < 1.29 is 4.74 Å². The standard InChI is InChI=1S/C11H22O/c1-3-5-6-7-8-9-10-11-12-4-2/h3,5H,4,6-11H2,1-2H3/b5-3+. The normalized spacial score (nSPS) is 11.2. The van der Waals surface area contributed by atoms with E-state index in [0.717, 1.165) is 13.2 Å². The SMILES string of the molecule is C/C=C/CCCCCCOCC. The van der Waals surface area contributed by atoms with Crippen molar-refractivity contribution in [3.8, 4) is 0 Å². The van der Waals surface area contributed by atoms with Crippen LogP contribution in [0.5, 0.6) is 0 Å². The molecule has 1 heteroatoms. The third-order valence-corrected chi connectivity index (χ3v) is 1.85. The summed E-state index contributed by atoms with van der Waals surface area (Å²) in [7, 11) is 0. The predicted octanol–water partition coefficient (Wildman–Crippen LogP) is 3.55. The highest BCUT2D eigenvalue weighted by molar-refractivity contribution is 4.76. The largest absolute Gasteiger partial charge is 0.382 e. The van der Waals surface area contributed by atoms with Gasteiger partial charge in [-0.25, -0.2) is 0 Å². The highest BCUT2D eigenvalue weighted by Crippen LogP contribution is 2.03. The summed E-state index contributed by atoms with van der Waals surface area (Å²) >= 11 is 0. The van der Waals surface area contributed by atoms with Gasteiger partial charge in [0.25, 0.3) is 0 Å². The van der Waals surface area contributed by atoms with Gasteiger partial charge in [0.2, 0.25) is 0 Å². The highest BCUT2D eigenvalue weighted by Gasteiger charge is 1.88. The lowest BCUT2D eigenvalue weighted by atomic mass is 10.1. The first kappa shape index (κ1) is 11.7. The molecule has 12 heavy (non-hydrogen) atoms. The lowest BCUT2D eigenvalue weighted by molar-refractivity contribution is 0.143. The molecule has 0 spiro atoms. The first-order valence-corrected chi connectivity index (χ1v) is 5.10. The van der Waals surface area contributed by atoms with E-state index in [2.05, 4.69) is 19.1 Å². The Kier molecular flexibility index (Phi) is 10.4. The van der Waals surface area contributed by atoms with Crippen LogP contribution in [0.1, 0.15) is 46.0 Å². The van der Waals surface area contributed by atoms with Crippen LogP contribution in [0.3, 0.4) is 0 Å². The maximum absolute atomic E-state index is 5.25. The molecule has 0 saturated carbocycles. The monoisotopic (exact) mass is 170 g/mol. The molecule has 0 rings (SSSR count). The van der Waals surface area contributed by atoms with Gasteiger partial charge in [0.1, 0.15) is 0 Å². The Labute approximate surface area is 76.8 Å². The van der Waals surface area contributed by atoms with Crippen LogP contribution in [-0.4, -0.2) is 13.2 Å². The van der Waals surface area contributed by atoms with E-state index in [1.807, 2.05) is 6.92 Å². The summed E-state index contributed by atoms with van der Waals surface area (Å²) in [6.45, 7) is 5.93. The van der Waals surface area contributed by atoms with Crippen LogP contribution in [0.25, 0.3) is 0 Å². The summed E-state index contributed by atoms with van der Waals surface area (Å²) in [5.41, 5.74) is 0. The van der Waals surface area contributed by atoms with Gasteiger partial charge in [-0.2, -0.15) is 0 Å². The Hall–Kier alpha value is -0.300. The number of hydrogen-bond donors (Lipinski definition) is 0. The fourth-order valence-corrected chi connectivity index (χ4v) is 1.13. The average molecular weight is 170 g/mol. The van der Waals surface area contributed by atoms with Crippen LogP contribution in [0, 0.1) is 0 Å². The van der Waals surface area contributed by atoms with Crippen LogP contribution in [-0.2, 0) is 4.74 Å². The quantitative estimate of drug-likeness (QED) is 0.400. The zero-order valence-corrected chi connectivity index (χ0v) is 8.51. The maximum atomic E-state index is 5.25. The molecule has 0 fully saturated rings. The second kappa shape index (κ2) is 10.7. The van der Waals surface area contributed by atoms with Crippen LogP contribution >= 0.6 is 0 Å². The van der Waals surface area contributed by atoms with E-state index in [9.17, 15) is 0 Å². The van der Waals surface area contributed by atoms with E-state index in [0.29, 0.717) is 0 Å². The van der Waals surface area contributed by atoms with E-state index < -0.39 is 0 Å². The molecule has 0 radical (unpaired) electrons. The van der Waals surface area contributed by atoms with Gasteiger partial charge in [-0.3, -0.25) is 0 Å². The molecule has 0 aliphatic carbocycles. The molecule has 0 saturated heterocycles. The van der Waals surface area contributed by atoms with E-state index in [1.54, 1.807) is 0 Å². The van der Waals surface area contributed by atoms with Gasteiger partial charge in [0.05, 0.1) is 0 Å². The smallest absolute Gasteiger partial charge is 0.0465 e. The summed E-state index contributed by atoms with van der Waals surface area (Å²) in [6, 6.07) is 0. The molecule has 72 valence electrons. The van der Waals surface area contributed by atoms with Gasteiger partial charge < -0.3 is 4.74 Å². The molecule has 0 unspecified atom stereocenters. The predicted molar refractivity (Wildman–Crippen MR) is 54.4 cm³/mol. The zero-order valence-electron chi connectivity index (χ0n) is 8.51. The molecule has 0 aliphatic heterocycles. The van der Waals surface area contributed by atoms with Crippen molar-refractivity contribution in [3.05, 3.63) is 12.2 Å². The molecule has 0 aromatic rings. The number of hydrogen-bond acceptors (Lipinski definition) is 1. The molecule has 0 amide bonds. The minimum Gasteiger partial charge on any atom is -0.382 e. The summed E-state index contributed by atoms with van der Waals surface area (Å²) in [4.78, 5) is 0. The van der Waals surface area contributed by atoms with Crippen LogP contribution in [0.2, 0.25) is 0 Å². The van der Waals surface area contributed by atoms with E-state index in [4.69, 9.17) is 4.74 Å². The molecule has 1 nitrogen and oxygen atoms in total. The Balaban J connectivity index is 2.81. The lowest BCUT2D eigenvalue weighted by Crippen LogP contribution is -1.92. The number of allylic oxidation sites excluding steroid dienone is 2. The van der Waals surface area contributed by atoms with E-state index in [1.165, 1.54) is 32.1 Å². The second-order valence-electron chi connectivity index (χ2n) is 2.97. The first-order chi connectivity index (χ1) is 5.91. The minimum atomic E-state index is 0.860. The number of unbranched alkanes of at least 4 members (excludes halogenated alkanes) is 4. The molecule has 0 aromatic heterocycles. The highest BCUT2D eigenvalue weighted by atomic mass is 16.5. The van der Waals surface area contributed by atoms with E-state index >= 15 is 0 Å². The fraction of sp³-hybridized carbons (Fsp3) is 0.818. The van der Waals surface area contributed by atoms with Crippen molar-refractivity contribution in [2.75, 3.05) is 13.2 Å². The van der Waals surface area contributed by atoms with Gasteiger partial charge in [-0.05, 0) is 33.1 Å². The zero-order chi connectivity index (χ0) is 9.07. The Morgan fingerprint density at radius 1 is 1.08 bits per heavy atom. The Bertz CT molecular complexity index is 97.2. The third kappa shape index (κ3) is 9.70. The molecule has 0 bridgehead atoms. The van der Waals surface area contributed by atoms with Gasteiger partial charge in [-0.15, -0.1) is 0 Å². The third-order valence-electron chi connectivity index (χ3n) is 1.85. The van der Waals surface area contributed by atoms with Gasteiger partial charge in [0.15, 0.2) is 0 Å². The molecular formula is C11H22O. The van der Waals surface area contributed by atoms with Crippen molar-refractivity contribution in [1.82, 2.24) is 0 Å². The van der Waals surface area contributed by atoms with Crippen molar-refractivity contribution in [2.24, 2.45) is 0 Å². The minimum absolute atomic E-state index is 0.860. The molecular weight excluding hydrogens is 148 g/mol. The van der Waals surface area contributed by atoms with Gasteiger partial charge in [-0.1, -0.05) is 25.0 Å². The van der Waals surface area contributed by atoms with Gasteiger partial charge in [0, 0.05) is 13.2 Å². The Morgan fingerprint density at radius 2 is 1.83 bits per heavy atom. The first-order valence-electron chi connectivity index (χ1n) is 5.10. The summed E-state index contributed by atoms with van der Waals surface area (Å²) in [5.74, 6) is 0. The van der Waals surface area contributed by atoms with Crippen LogP contribution < -0.4 is 0 Å². The summed E-state index contributed by atoms with van der Waals surface area (Å²) < 4.78 is 5.25. The average Bonchev–Trinajstić information content (AvgIpc) is 2.10. The number of rotatable bonds is 8. The van der Waals surface area contributed by atoms with Crippen molar-refractivity contribution in [3.63, 3.8) is 0 Å². The lowest BCUT2D eigenvalue weighted by Gasteiger charge is -1.99. The van der Waals surface area contributed by atoms with E-state index in [-0.39, 0.29) is 0 Å². The fourth-order valence-electron chi connectivity index (χ4n) is 1.13. The van der Waals surface area contributed by atoms with Crippen LogP contribution in [0.4, 0.5) is 0 Å². The molecule has 0 atom stereocenters. The number of ether oxygens (including phenoxy) is 1. The van der Waals surface area contributed by atoms with Crippen LogP contribution in [0.15, 0.2) is 12.2 Å². The van der Waals surface area contributed by atoms with Gasteiger partial charge >= 0.3 is 0 Å². The molecule has 0 N–H and O–H groups in total. The van der Waals surface area contributed by atoms with Crippen molar-refractivity contribution >= 4 is 0 Å². The second-order valence-corrected chi connectivity index (χ2v) is 2.97.